The second-order valence-corrected chi connectivity index (χ2v) is 14.4. The van der Waals surface area contributed by atoms with E-state index in [1.807, 2.05) is 24.3 Å². The van der Waals surface area contributed by atoms with Crippen molar-refractivity contribution in [2.24, 2.45) is 0 Å². The van der Waals surface area contributed by atoms with E-state index in [4.69, 9.17) is 15.0 Å². The summed E-state index contributed by atoms with van der Waals surface area (Å²) in [6.45, 7) is 0. The Labute approximate surface area is 324 Å². The molecule has 3 heteroatoms. The highest BCUT2D eigenvalue weighted by molar-refractivity contribution is 6.20. The maximum Gasteiger partial charge on any atom is 0.165 e. The van der Waals surface area contributed by atoms with Crippen molar-refractivity contribution in [2.45, 2.75) is 0 Å². The zero-order chi connectivity index (χ0) is 37.0. The fourth-order valence-electron chi connectivity index (χ4n) is 8.38. The second-order valence-electron chi connectivity index (χ2n) is 14.4. The summed E-state index contributed by atoms with van der Waals surface area (Å²) in [4.78, 5) is 15.6. The summed E-state index contributed by atoms with van der Waals surface area (Å²) in [6, 6.07) is 71.2. The molecule has 0 amide bonds. The van der Waals surface area contributed by atoms with Gasteiger partial charge in [0.2, 0.25) is 0 Å². The zero-order valence-corrected chi connectivity index (χ0v) is 30.4. The van der Waals surface area contributed by atoms with E-state index in [0.29, 0.717) is 17.5 Å². The normalized spacial score (nSPS) is 11.6. The third kappa shape index (κ3) is 5.40. The van der Waals surface area contributed by atoms with E-state index in [1.165, 1.54) is 43.4 Å². The number of hydrogen-bond acceptors (Lipinski definition) is 3. The van der Waals surface area contributed by atoms with Gasteiger partial charge in [0.1, 0.15) is 0 Å². The molecule has 0 saturated carbocycles. The maximum atomic E-state index is 5.28. The molecule has 0 aliphatic rings. The predicted molar refractivity (Wildman–Crippen MR) is 235 cm³/mol. The van der Waals surface area contributed by atoms with Crippen LogP contribution in [0.2, 0.25) is 0 Å². The molecule has 0 fully saturated rings. The van der Waals surface area contributed by atoms with Crippen LogP contribution in [0.4, 0.5) is 0 Å². The van der Waals surface area contributed by atoms with Crippen molar-refractivity contribution in [1.29, 1.82) is 0 Å². The molecule has 0 saturated heterocycles. The minimum Gasteiger partial charge on any atom is -0.208 e. The first-order valence-electron chi connectivity index (χ1n) is 19.0. The molecule has 1 aromatic heterocycles. The Kier molecular flexibility index (Phi) is 7.49. The molecule has 260 valence electrons. The highest BCUT2D eigenvalue weighted by Crippen LogP contribution is 2.41. The van der Waals surface area contributed by atoms with Crippen LogP contribution in [0.15, 0.2) is 200 Å². The number of nitrogens with zero attached hydrogens (tertiary/aromatic N) is 3. The van der Waals surface area contributed by atoms with Gasteiger partial charge >= 0.3 is 0 Å². The molecule has 3 nitrogen and oxygen atoms in total. The lowest BCUT2D eigenvalue weighted by Gasteiger charge is -2.15. The van der Waals surface area contributed by atoms with E-state index in [9.17, 15) is 0 Å². The molecule has 0 aliphatic carbocycles. The number of fused-ring (bicyclic) bond motifs is 6. The van der Waals surface area contributed by atoms with Gasteiger partial charge in [-0.3, -0.25) is 0 Å². The minimum absolute atomic E-state index is 0.638. The van der Waals surface area contributed by atoms with Crippen LogP contribution in [0.25, 0.3) is 110 Å². The van der Waals surface area contributed by atoms with Gasteiger partial charge in [-0.15, -0.1) is 0 Å². The van der Waals surface area contributed by atoms with Gasteiger partial charge in [0.15, 0.2) is 17.5 Å². The van der Waals surface area contributed by atoms with Crippen LogP contribution in [0.5, 0.6) is 0 Å². The Balaban J connectivity index is 1.09. The molecule has 0 aliphatic heterocycles. The van der Waals surface area contributed by atoms with E-state index in [0.717, 1.165) is 49.4 Å². The van der Waals surface area contributed by atoms with Gasteiger partial charge in [-0.1, -0.05) is 182 Å². The van der Waals surface area contributed by atoms with Crippen LogP contribution in [0.3, 0.4) is 0 Å². The number of aromatic nitrogens is 3. The van der Waals surface area contributed by atoms with Crippen LogP contribution >= 0.6 is 0 Å². The first-order chi connectivity index (χ1) is 27.7. The molecule has 11 aromatic rings. The topological polar surface area (TPSA) is 38.7 Å². The predicted octanol–water partition coefficient (Wildman–Crippen LogP) is 14.0. The second kappa shape index (κ2) is 13.1. The van der Waals surface area contributed by atoms with Crippen molar-refractivity contribution < 1.29 is 0 Å². The lowest BCUT2D eigenvalue weighted by molar-refractivity contribution is 1.08. The molecule has 0 unspecified atom stereocenters. The maximum absolute atomic E-state index is 5.28. The standard InChI is InChI=1S/C53H33N3/c1-3-13-34(14-4-1)46-29-27-36-16-8-11-21-44(36)50(46)53-55-51(37-17-5-2-6-18-37)54-52(56-53)42-26-24-38-31-41(25-23-39(38)32-42)49-45-22-12-9-19-40(45)33-48-43-20-10-7-15-35(43)28-30-47(48)49/h1-33H. The fraction of sp³-hybridized carbons (Fsp3) is 0. The lowest BCUT2D eigenvalue weighted by atomic mass is 9.89. The van der Waals surface area contributed by atoms with Gasteiger partial charge in [-0.2, -0.15) is 0 Å². The van der Waals surface area contributed by atoms with Crippen molar-refractivity contribution >= 4 is 53.9 Å². The fourth-order valence-corrected chi connectivity index (χ4v) is 8.38. The Bertz CT molecular complexity index is 3300. The molecular weight excluding hydrogens is 679 g/mol. The monoisotopic (exact) mass is 711 g/mol. The number of hydrogen-bond donors (Lipinski definition) is 0. The molecule has 1 heterocycles. The van der Waals surface area contributed by atoms with E-state index in [-0.39, 0.29) is 0 Å². The van der Waals surface area contributed by atoms with Crippen molar-refractivity contribution in [3.8, 4) is 56.4 Å². The Hall–Kier alpha value is -7.49. The molecule has 0 radical (unpaired) electrons. The van der Waals surface area contributed by atoms with E-state index in [2.05, 4.69) is 176 Å². The molecular formula is C53H33N3. The van der Waals surface area contributed by atoms with Crippen LogP contribution in [0.1, 0.15) is 0 Å². The first-order valence-corrected chi connectivity index (χ1v) is 19.0. The van der Waals surface area contributed by atoms with Crippen molar-refractivity contribution in [3.05, 3.63) is 200 Å². The van der Waals surface area contributed by atoms with Gasteiger partial charge in [-0.25, -0.2) is 15.0 Å². The Morgan fingerprint density at radius 3 is 1.46 bits per heavy atom. The molecule has 11 rings (SSSR count). The highest BCUT2D eigenvalue weighted by atomic mass is 15.0. The summed E-state index contributed by atoms with van der Waals surface area (Å²) >= 11 is 0. The average molecular weight is 712 g/mol. The summed E-state index contributed by atoms with van der Waals surface area (Å²) < 4.78 is 0. The van der Waals surface area contributed by atoms with E-state index in [1.54, 1.807) is 0 Å². The Morgan fingerprint density at radius 1 is 0.232 bits per heavy atom. The van der Waals surface area contributed by atoms with E-state index >= 15 is 0 Å². The quantitative estimate of drug-likeness (QED) is 0.132. The van der Waals surface area contributed by atoms with Crippen LogP contribution in [0, 0.1) is 0 Å². The molecule has 0 spiro atoms. The molecule has 0 N–H and O–H groups in total. The van der Waals surface area contributed by atoms with Crippen LogP contribution in [-0.4, -0.2) is 15.0 Å². The van der Waals surface area contributed by atoms with Gasteiger partial charge in [0.25, 0.3) is 0 Å². The summed E-state index contributed by atoms with van der Waals surface area (Å²) in [5, 5.41) is 12.1. The summed E-state index contributed by atoms with van der Waals surface area (Å²) in [7, 11) is 0. The smallest absolute Gasteiger partial charge is 0.165 e. The molecule has 0 atom stereocenters. The van der Waals surface area contributed by atoms with Crippen molar-refractivity contribution in [2.75, 3.05) is 0 Å². The summed E-state index contributed by atoms with van der Waals surface area (Å²) in [6.07, 6.45) is 0. The Morgan fingerprint density at radius 2 is 0.732 bits per heavy atom. The average Bonchev–Trinajstić information content (AvgIpc) is 3.28. The third-order valence-corrected chi connectivity index (χ3v) is 11.1. The molecule has 0 bridgehead atoms. The van der Waals surface area contributed by atoms with Crippen LogP contribution < -0.4 is 0 Å². The highest BCUT2D eigenvalue weighted by Gasteiger charge is 2.19. The van der Waals surface area contributed by atoms with Crippen LogP contribution in [-0.2, 0) is 0 Å². The third-order valence-electron chi connectivity index (χ3n) is 11.1. The van der Waals surface area contributed by atoms with Gasteiger partial charge in [0.05, 0.1) is 0 Å². The van der Waals surface area contributed by atoms with Gasteiger partial charge < -0.3 is 0 Å². The summed E-state index contributed by atoms with van der Waals surface area (Å²) in [5.74, 6) is 1.93. The van der Waals surface area contributed by atoms with Crippen molar-refractivity contribution in [3.63, 3.8) is 0 Å². The largest absolute Gasteiger partial charge is 0.208 e. The van der Waals surface area contributed by atoms with Gasteiger partial charge in [0, 0.05) is 16.7 Å². The molecule has 10 aromatic carbocycles. The number of benzene rings is 10. The van der Waals surface area contributed by atoms with Crippen molar-refractivity contribution in [1.82, 2.24) is 15.0 Å². The van der Waals surface area contributed by atoms with Gasteiger partial charge in [-0.05, 0) is 94.3 Å². The summed E-state index contributed by atoms with van der Waals surface area (Å²) in [5.41, 5.74) is 7.53. The first kappa shape index (κ1) is 32.0. The molecule has 56 heavy (non-hydrogen) atoms. The van der Waals surface area contributed by atoms with E-state index < -0.39 is 0 Å². The zero-order valence-electron chi connectivity index (χ0n) is 30.4. The minimum atomic E-state index is 0.638. The SMILES string of the molecule is c1ccc(-c2nc(-c3ccc4cc(-c5c6ccccc6cc6c5ccc5ccccc56)ccc4c3)nc(-c3c(-c4ccccc4)ccc4ccccc34)n2)cc1. The number of rotatable bonds is 5. The lowest BCUT2D eigenvalue weighted by Crippen LogP contribution is -2.01.